The summed E-state index contributed by atoms with van der Waals surface area (Å²) in [6.45, 7) is 13.7. The van der Waals surface area contributed by atoms with Gasteiger partial charge < -0.3 is 20.6 Å². The number of aliphatic imine (C=N–C) groups is 1. The molecule has 0 fully saturated rings. The molecule has 0 aliphatic heterocycles. The van der Waals surface area contributed by atoms with Gasteiger partial charge in [0, 0.05) is 13.1 Å². The summed E-state index contributed by atoms with van der Waals surface area (Å²) in [7, 11) is 0. The second-order valence-electron chi connectivity index (χ2n) is 6.14. The second-order valence-corrected chi connectivity index (χ2v) is 6.92. The van der Waals surface area contributed by atoms with E-state index in [2.05, 4.69) is 41.3 Å². The molecule has 1 aromatic rings. The van der Waals surface area contributed by atoms with Crippen LogP contribution in [0.15, 0.2) is 21.8 Å². The van der Waals surface area contributed by atoms with E-state index in [1.54, 1.807) is 11.3 Å². The van der Waals surface area contributed by atoms with E-state index in [4.69, 9.17) is 0 Å². The van der Waals surface area contributed by atoms with Crippen molar-refractivity contribution in [1.82, 2.24) is 15.5 Å². The van der Waals surface area contributed by atoms with Crippen LogP contribution in [-0.2, 0) is 5.60 Å². The van der Waals surface area contributed by atoms with Gasteiger partial charge in [-0.1, -0.05) is 13.8 Å². The summed E-state index contributed by atoms with van der Waals surface area (Å²) in [6, 6.07) is 1.95. The minimum absolute atomic E-state index is 0. The van der Waals surface area contributed by atoms with Crippen LogP contribution >= 0.6 is 35.3 Å². The Balaban J connectivity index is 0.00000576. The van der Waals surface area contributed by atoms with E-state index in [9.17, 15) is 5.11 Å². The van der Waals surface area contributed by atoms with Crippen molar-refractivity contribution in [1.29, 1.82) is 0 Å². The van der Waals surface area contributed by atoms with Crippen molar-refractivity contribution in [2.24, 2.45) is 4.99 Å². The normalized spacial score (nSPS) is 14.1. The van der Waals surface area contributed by atoms with Crippen LogP contribution in [0.1, 0.15) is 46.1 Å². The predicted octanol–water partition coefficient (Wildman–Crippen LogP) is 3.25. The van der Waals surface area contributed by atoms with Gasteiger partial charge in [0.2, 0.25) is 0 Å². The number of hydrogen-bond donors (Lipinski definition) is 3. The maximum Gasteiger partial charge on any atom is 0.191 e. The number of rotatable bonds is 11. The average molecular weight is 482 g/mol. The van der Waals surface area contributed by atoms with E-state index in [0.29, 0.717) is 6.54 Å². The molecule has 1 rings (SSSR count). The fourth-order valence-corrected chi connectivity index (χ4v) is 3.23. The number of hydrogen-bond acceptors (Lipinski definition) is 4. The number of halogens is 1. The summed E-state index contributed by atoms with van der Waals surface area (Å²) < 4.78 is 0. The van der Waals surface area contributed by atoms with E-state index < -0.39 is 5.60 Å². The van der Waals surface area contributed by atoms with Gasteiger partial charge in [-0.3, -0.25) is 0 Å². The first kappa shape index (κ1) is 24.6. The summed E-state index contributed by atoms with van der Waals surface area (Å²) in [5.74, 6) is 0.774. The van der Waals surface area contributed by atoms with Gasteiger partial charge in [0.05, 0.1) is 6.54 Å². The SMILES string of the molecule is CCNC(=NCC(C)(O)c1ccsc1)NCCCCN(CC)CC.I. The van der Waals surface area contributed by atoms with Gasteiger partial charge in [-0.05, 0) is 68.7 Å². The maximum atomic E-state index is 10.6. The lowest BCUT2D eigenvalue weighted by atomic mass is 10.00. The minimum Gasteiger partial charge on any atom is -0.383 e. The lowest BCUT2D eigenvalue weighted by Crippen LogP contribution is -2.39. The van der Waals surface area contributed by atoms with Crippen molar-refractivity contribution in [3.05, 3.63) is 22.4 Å². The molecule has 1 atom stereocenters. The van der Waals surface area contributed by atoms with Gasteiger partial charge in [0.1, 0.15) is 5.60 Å². The predicted molar refractivity (Wildman–Crippen MR) is 120 cm³/mol. The Labute approximate surface area is 174 Å². The Morgan fingerprint density at radius 1 is 1.24 bits per heavy atom. The number of aliphatic hydroxyl groups is 1. The molecule has 0 aromatic carbocycles. The highest BCUT2D eigenvalue weighted by Crippen LogP contribution is 2.23. The molecule has 0 saturated carbocycles. The smallest absolute Gasteiger partial charge is 0.191 e. The van der Waals surface area contributed by atoms with Crippen LogP contribution in [0.3, 0.4) is 0 Å². The second kappa shape index (κ2) is 13.8. The third-order valence-corrected chi connectivity index (χ3v) is 4.80. The lowest BCUT2D eigenvalue weighted by molar-refractivity contribution is 0.0677. The van der Waals surface area contributed by atoms with Crippen molar-refractivity contribution < 1.29 is 5.11 Å². The Hall–Kier alpha value is -0.380. The van der Waals surface area contributed by atoms with Crippen molar-refractivity contribution in [3.8, 4) is 0 Å². The van der Waals surface area contributed by atoms with Crippen LogP contribution in [0.25, 0.3) is 0 Å². The third-order valence-electron chi connectivity index (χ3n) is 4.12. The maximum absolute atomic E-state index is 10.6. The molecule has 0 radical (unpaired) electrons. The fraction of sp³-hybridized carbons (Fsp3) is 0.722. The quantitative estimate of drug-likeness (QED) is 0.196. The van der Waals surface area contributed by atoms with E-state index in [-0.39, 0.29) is 24.0 Å². The van der Waals surface area contributed by atoms with Gasteiger partial charge in [-0.15, -0.1) is 24.0 Å². The Kier molecular flexibility index (Phi) is 13.6. The Bertz CT molecular complexity index is 462. The minimum atomic E-state index is -0.925. The topological polar surface area (TPSA) is 59.9 Å². The summed E-state index contributed by atoms with van der Waals surface area (Å²) in [5.41, 5.74) is -0.00297. The molecule has 7 heteroatoms. The molecular weight excluding hydrogens is 447 g/mol. The van der Waals surface area contributed by atoms with Crippen molar-refractivity contribution >= 4 is 41.3 Å². The standard InChI is InChI=1S/C18H34N4OS.HI/c1-5-19-17(20-11-8-9-12-22(6-2)7-3)21-15-18(4,23)16-10-13-24-14-16;/h10,13-14,23H,5-9,11-12,15H2,1-4H3,(H2,19,20,21);1H. The molecule has 25 heavy (non-hydrogen) atoms. The number of nitrogens with one attached hydrogen (secondary N) is 2. The van der Waals surface area contributed by atoms with Crippen LogP contribution in [-0.4, -0.2) is 55.2 Å². The molecule has 5 nitrogen and oxygen atoms in total. The largest absolute Gasteiger partial charge is 0.383 e. The Morgan fingerprint density at radius 3 is 2.52 bits per heavy atom. The van der Waals surface area contributed by atoms with Gasteiger partial charge in [0.25, 0.3) is 0 Å². The zero-order chi connectivity index (χ0) is 17.8. The monoisotopic (exact) mass is 482 g/mol. The molecule has 3 N–H and O–H groups in total. The molecule has 0 bridgehead atoms. The first-order valence-corrected chi connectivity index (χ1v) is 9.97. The molecule has 1 heterocycles. The van der Waals surface area contributed by atoms with Crippen LogP contribution in [0.2, 0.25) is 0 Å². The van der Waals surface area contributed by atoms with Gasteiger partial charge in [-0.25, -0.2) is 4.99 Å². The van der Waals surface area contributed by atoms with Gasteiger partial charge >= 0.3 is 0 Å². The first-order chi connectivity index (χ1) is 11.5. The third kappa shape index (κ3) is 9.77. The highest BCUT2D eigenvalue weighted by atomic mass is 127. The van der Waals surface area contributed by atoms with E-state index in [1.807, 2.05) is 23.8 Å². The summed E-state index contributed by atoms with van der Waals surface area (Å²) >= 11 is 1.59. The molecule has 0 amide bonds. The van der Waals surface area contributed by atoms with Crippen molar-refractivity contribution in [2.75, 3.05) is 39.3 Å². The van der Waals surface area contributed by atoms with Crippen LogP contribution in [0.4, 0.5) is 0 Å². The summed E-state index contributed by atoms with van der Waals surface area (Å²) in [6.07, 6.45) is 2.29. The molecule has 0 aliphatic carbocycles. The summed E-state index contributed by atoms with van der Waals surface area (Å²) in [4.78, 5) is 6.99. The highest BCUT2D eigenvalue weighted by Gasteiger charge is 2.23. The Morgan fingerprint density at radius 2 is 1.96 bits per heavy atom. The van der Waals surface area contributed by atoms with Gasteiger partial charge in [-0.2, -0.15) is 11.3 Å². The molecule has 1 aromatic heterocycles. The van der Waals surface area contributed by atoms with Crippen LogP contribution < -0.4 is 10.6 Å². The molecular formula is C18H35IN4OS. The first-order valence-electron chi connectivity index (χ1n) is 9.03. The zero-order valence-electron chi connectivity index (χ0n) is 16.0. The highest BCUT2D eigenvalue weighted by molar-refractivity contribution is 14.0. The number of unbranched alkanes of at least 4 members (excludes halogenated alkanes) is 1. The van der Waals surface area contributed by atoms with Gasteiger partial charge in [0.15, 0.2) is 5.96 Å². The fourth-order valence-electron chi connectivity index (χ4n) is 2.44. The number of thiophene rings is 1. The van der Waals surface area contributed by atoms with Crippen LogP contribution in [0, 0.1) is 0 Å². The molecule has 0 saturated heterocycles. The molecule has 146 valence electrons. The van der Waals surface area contributed by atoms with E-state index in [1.165, 1.54) is 6.42 Å². The number of guanidine groups is 1. The lowest BCUT2D eigenvalue weighted by Gasteiger charge is -2.21. The average Bonchev–Trinajstić information content (AvgIpc) is 3.11. The van der Waals surface area contributed by atoms with Crippen molar-refractivity contribution in [3.63, 3.8) is 0 Å². The molecule has 1 unspecified atom stereocenters. The van der Waals surface area contributed by atoms with E-state index in [0.717, 1.165) is 50.7 Å². The summed E-state index contributed by atoms with van der Waals surface area (Å²) in [5, 5.41) is 21.1. The number of nitrogens with zero attached hydrogens (tertiary/aromatic N) is 2. The molecule has 0 spiro atoms. The van der Waals surface area contributed by atoms with Crippen LogP contribution in [0.5, 0.6) is 0 Å². The van der Waals surface area contributed by atoms with E-state index >= 15 is 0 Å². The zero-order valence-corrected chi connectivity index (χ0v) is 19.2. The van der Waals surface area contributed by atoms with Crippen molar-refractivity contribution in [2.45, 2.75) is 46.1 Å². The molecule has 0 aliphatic rings.